The first kappa shape index (κ1) is 12.3. The Balaban J connectivity index is 1.74. The van der Waals surface area contributed by atoms with Gasteiger partial charge in [-0.15, -0.1) is 0 Å². The molecule has 1 N–H and O–H groups in total. The number of fused-ring (bicyclic) bond motifs is 2. The van der Waals surface area contributed by atoms with E-state index in [2.05, 4.69) is 25.7 Å². The number of nitrogens with zero attached hydrogens (tertiary/aromatic N) is 5. The number of rotatable bonds is 2. The number of nitrogens with one attached hydrogen (secondary N) is 1. The highest BCUT2D eigenvalue weighted by atomic mass is 16.1. The van der Waals surface area contributed by atoms with Crippen LogP contribution in [0.5, 0.6) is 0 Å². The van der Waals surface area contributed by atoms with Gasteiger partial charge in [-0.1, -0.05) is 23.3 Å². The van der Waals surface area contributed by atoms with Crippen LogP contribution in [0.25, 0.3) is 5.69 Å². The standard InChI is InChI=1S/C14H16N6O/c21-13-8-11-6-7-12(9-15-13)19(11)14-16-17-18-20(14)10-4-2-1-3-5-10/h1-5,11-12H,6-9H2,(H,15,21)/t11-,12+/m1/s1. The van der Waals surface area contributed by atoms with Gasteiger partial charge in [-0.05, 0) is 35.4 Å². The van der Waals surface area contributed by atoms with Gasteiger partial charge < -0.3 is 10.2 Å². The summed E-state index contributed by atoms with van der Waals surface area (Å²) in [5.41, 5.74) is 0.931. The van der Waals surface area contributed by atoms with E-state index in [1.165, 1.54) is 0 Å². The molecule has 2 saturated heterocycles. The van der Waals surface area contributed by atoms with Gasteiger partial charge in [0.1, 0.15) is 0 Å². The smallest absolute Gasteiger partial charge is 0.250 e. The second kappa shape index (κ2) is 4.83. The van der Waals surface area contributed by atoms with Crippen LogP contribution in [0, 0.1) is 0 Å². The molecule has 108 valence electrons. The maximum Gasteiger partial charge on any atom is 0.250 e. The van der Waals surface area contributed by atoms with Crippen molar-refractivity contribution in [3.63, 3.8) is 0 Å². The fourth-order valence-electron chi connectivity index (χ4n) is 3.29. The summed E-state index contributed by atoms with van der Waals surface area (Å²) in [4.78, 5) is 14.0. The third-order valence-electron chi connectivity index (χ3n) is 4.26. The number of anilines is 1. The Morgan fingerprint density at radius 3 is 2.81 bits per heavy atom. The summed E-state index contributed by atoms with van der Waals surface area (Å²) in [6.45, 7) is 0.664. The number of aromatic nitrogens is 4. The van der Waals surface area contributed by atoms with Crippen molar-refractivity contribution in [3.05, 3.63) is 30.3 Å². The second-order valence-corrected chi connectivity index (χ2v) is 5.53. The third kappa shape index (κ3) is 2.05. The van der Waals surface area contributed by atoms with Gasteiger partial charge in [0, 0.05) is 25.0 Å². The number of para-hydroxylation sites is 1. The van der Waals surface area contributed by atoms with Gasteiger partial charge in [0.25, 0.3) is 5.95 Å². The van der Waals surface area contributed by atoms with E-state index in [4.69, 9.17) is 0 Å². The molecule has 1 aromatic heterocycles. The van der Waals surface area contributed by atoms with Gasteiger partial charge in [-0.3, -0.25) is 4.79 Å². The first-order valence-electron chi connectivity index (χ1n) is 7.22. The second-order valence-electron chi connectivity index (χ2n) is 5.53. The van der Waals surface area contributed by atoms with Crippen molar-refractivity contribution in [2.45, 2.75) is 31.3 Å². The summed E-state index contributed by atoms with van der Waals surface area (Å²) in [5, 5.41) is 15.1. The van der Waals surface area contributed by atoms with E-state index in [0.29, 0.717) is 13.0 Å². The van der Waals surface area contributed by atoms with Gasteiger partial charge >= 0.3 is 0 Å². The average Bonchev–Trinajstić information content (AvgIpc) is 3.07. The Morgan fingerprint density at radius 2 is 1.95 bits per heavy atom. The van der Waals surface area contributed by atoms with Crippen LogP contribution in [-0.4, -0.2) is 44.7 Å². The fourth-order valence-corrected chi connectivity index (χ4v) is 3.29. The number of carbonyl (C=O) groups is 1. The quantitative estimate of drug-likeness (QED) is 0.870. The molecule has 0 radical (unpaired) electrons. The zero-order valence-corrected chi connectivity index (χ0v) is 11.5. The number of benzene rings is 1. The number of hydrogen-bond acceptors (Lipinski definition) is 5. The summed E-state index contributed by atoms with van der Waals surface area (Å²) < 4.78 is 1.75. The normalized spacial score (nSPS) is 24.8. The van der Waals surface area contributed by atoms with E-state index in [1.54, 1.807) is 4.68 Å². The zero-order chi connectivity index (χ0) is 14.2. The van der Waals surface area contributed by atoms with Crippen molar-refractivity contribution >= 4 is 11.9 Å². The van der Waals surface area contributed by atoms with E-state index in [0.717, 1.165) is 24.5 Å². The molecule has 2 bridgehead atoms. The maximum absolute atomic E-state index is 11.7. The lowest BCUT2D eigenvalue weighted by atomic mass is 10.1. The molecule has 3 heterocycles. The highest BCUT2D eigenvalue weighted by Gasteiger charge is 2.40. The maximum atomic E-state index is 11.7. The zero-order valence-electron chi connectivity index (χ0n) is 11.5. The fraction of sp³-hybridized carbons (Fsp3) is 0.429. The summed E-state index contributed by atoms with van der Waals surface area (Å²) in [5.74, 6) is 0.844. The first-order chi connectivity index (χ1) is 10.3. The summed E-state index contributed by atoms with van der Waals surface area (Å²) in [7, 11) is 0. The van der Waals surface area contributed by atoms with Gasteiger partial charge in [0.2, 0.25) is 5.91 Å². The van der Waals surface area contributed by atoms with Crippen LogP contribution < -0.4 is 10.2 Å². The lowest BCUT2D eigenvalue weighted by molar-refractivity contribution is -0.121. The van der Waals surface area contributed by atoms with E-state index in [9.17, 15) is 4.79 Å². The molecule has 7 nitrogen and oxygen atoms in total. The van der Waals surface area contributed by atoms with Gasteiger partial charge in [0.15, 0.2) is 0 Å². The number of tetrazole rings is 1. The van der Waals surface area contributed by atoms with Crippen LogP contribution in [0.3, 0.4) is 0 Å². The molecule has 2 aliphatic rings. The summed E-state index contributed by atoms with van der Waals surface area (Å²) in [6.07, 6.45) is 2.59. The number of amides is 1. The molecular weight excluding hydrogens is 268 g/mol. The van der Waals surface area contributed by atoms with Gasteiger partial charge in [-0.25, -0.2) is 0 Å². The van der Waals surface area contributed by atoms with Crippen molar-refractivity contribution < 1.29 is 4.79 Å². The molecule has 21 heavy (non-hydrogen) atoms. The lowest BCUT2D eigenvalue weighted by Crippen LogP contribution is -2.39. The van der Waals surface area contributed by atoms with Crippen LogP contribution in [0.15, 0.2) is 30.3 Å². The van der Waals surface area contributed by atoms with Crippen LogP contribution in [0.2, 0.25) is 0 Å². The molecule has 2 fully saturated rings. The molecule has 1 amide bonds. The molecule has 2 atom stereocenters. The Bertz CT molecular complexity index is 654. The Hall–Kier alpha value is -2.44. The van der Waals surface area contributed by atoms with Crippen molar-refractivity contribution in [1.82, 2.24) is 25.5 Å². The topological polar surface area (TPSA) is 75.9 Å². The highest BCUT2D eigenvalue weighted by molar-refractivity contribution is 5.78. The molecule has 2 aliphatic heterocycles. The van der Waals surface area contributed by atoms with Crippen LogP contribution >= 0.6 is 0 Å². The Morgan fingerprint density at radius 1 is 1.14 bits per heavy atom. The molecular formula is C14H16N6O. The minimum atomic E-state index is 0.117. The highest BCUT2D eigenvalue weighted by Crippen LogP contribution is 2.32. The van der Waals surface area contributed by atoms with Crippen molar-refractivity contribution in [2.75, 3.05) is 11.4 Å². The molecule has 4 rings (SSSR count). The molecule has 7 heteroatoms. The van der Waals surface area contributed by atoms with Crippen molar-refractivity contribution in [3.8, 4) is 5.69 Å². The van der Waals surface area contributed by atoms with Crippen LogP contribution in [-0.2, 0) is 4.79 Å². The third-order valence-corrected chi connectivity index (χ3v) is 4.26. The molecule has 0 spiro atoms. The predicted octanol–water partition coefficient (Wildman–Crippen LogP) is 0.520. The number of hydrogen-bond donors (Lipinski definition) is 1. The van der Waals surface area contributed by atoms with Gasteiger partial charge in [0.05, 0.1) is 5.69 Å². The molecule has 0 unspecified atom stereocenters. The van der Waals surface area contributed by atoms with Crippen molar-refractivity contribution in [2.24, 2.45) is 0 Å². The van der Waals surface area contributed by atoms with Crippen molar-refractivity contribution in [1.29, 1.82) is 0 Å². The van der Waals surface area contributed by atoms with E-state index in [1.807, 2.05) is 30.3 Å². The van der Waals surface area contributed by atoms with E-state index in [-0.39, 0.29) is 18.0 Å². The van der Waals surface area contributed by atoms with E-state index < -0.39 is 0 Å². The minimum absolute atomic E-state index is 0.117. The lowest BCUT2D eigenvalue weighted by Gasteiger charge is -2.27. The molecule has 0 saturated carbocycles. The van der Waals surface area contributed by atoms with E-state index >= 15 is 0 Å². The predicted molar refractivity (Wildman–Crippen MR) is 76.1 cm³/mol. The van der Waals surface area contributed by atoms with Crippen LogP contribution in [0.4, 0.5) is 5.95 Å². The molecule has 2 aromatic rings. The molecule has 0 aliphatic carbocycles. The monoisotopic (exact) mass is 284 g/mol. The Kier molecular flexibility index (Phi) is 2.83. The average molecular weight is 284 g/mol. The first-order valence-corrected chi connectivity index (χ1v) is 7.22. The number of carbonyl (C=O) groups excluding carboxylic acids is 1. The largest absolute Gasteiger partial charge is 0.354 e. The minimum Gasteiger partial charge on any atom is -0.354 e. The van der Waals surface area contributed by atoms with Gasteiger partial charge in [-0.2, -0.15) is 4.68 Å². The Labute approximate surface area is 121 Å². The SMILES string of the molecule is O=C1C[C@H]2CC[C@@H](CN1)N2c1nnnn1-c1ccccc1. The summed E-state index contributed by atoms with van der Waals surface area (Å²) >= 11 is 0. The summed E-state index contributed by atoms with van der Waals surface area (Å²) in [6, 6.07) is 10.3. The molecule has 1 aromatic carbocycles. The van der Waals surface area contributed by atoms with Crippen LogP contribution in [0.1, 0.15) is 19.3 Å².